The first-order chi connectivity index (χ1) is 11.1. The maximum absolute atomic E-state index is 14.1. The van der Waals surface area contributed by atoms with E-state index in [9.17, 15) is 14.3 Å². The van der Waals surface area contributed by atoms with Crippen molar-refractivity contribution < 1.29 is 19.0 Å². The molecule has 3 rings (SSSR count). The molecule has 1 aromatic heterocycles. The van der Waals surface area contributed by atoms with Crippen molar-refractivity contribution >= 4 is 5.97 Å². The molecule has 0 radical (unpaired) electrons. The largest absolute Gasteiger partial charge is 0.497 e. The van der Waals surface area contributed by atoms with Crippen molar-refractivity contribution in [1.82, 2.24) is 15.0 Å². The third-order valence-electron chi connectivity index (χ3n) is 3.32. The van der Waals surface area contributed by atoms with Crippen LogP contribution in [0.5, 0.6) is 5.75 Å². The van der Waals surface area contributed by atoms with Crippen molar-refractivity contribution in [2.24, 2.45) is 0 Å². The van der Waals surface area contributed by atoms with Crippen LogP contribution in [0.3, 0.4) is 0 Å². The van der Waals surface area contributed by atoms with Gasteiger partial charge in [0.05, 0.1) is 12.8 Å². The lowest BCUT2D eigenvalue weighted by Gasteiger charge is -2.09. The Labute approximate surface area is 130 Å². The number of carbonyl (C=O) groups is 1. The van der Waals surface area contributed by atoms with Gasteiger partial charge in [-0.2, -0.15) is 0 Å². The van der Waals surface area contributed by atoms with Gasteiger partial charge in [0.2, 0.25) is 0 Å². The summed E-state index contributed by atoms with van der Waals surface area (Å²) in [6.07, 6.45) is 0. The van der Waals surface area contributed by atoms with Gasteiger partial charge in [-0.25, -0.2) is 13.9 Å². The van der Waals surface area contributed by atoms with Gasteiger partial charge in [-0.3, -0.25) is 0 Å². The van der Waals surface area contributed by atoms with Crippen molar-refractivity contribution in [2.75, 3.05) is 7.11 Å². The average Bonchev–Trinajstić information content (AvgIpc) is 3.00. The molecule has 0 saturated heterocycles. The summed E-state index contributed by atoms with van der Waals surface area (Å²) in [6.45, 7) is 0. The summed E-state index contributed by atoms with van der Waals surface area (Å²) in [5.41, 5.74) is 0.432. The Kier molecular flexibility index (Phi) is 3.76. The number of benzene rings is 2. The maximum Gasteiger partial charge on any atom is 0.358 e. The molecule has 0 atom stereocenters. The van der Waals surface area contributed by atoms with Crippen molar-refractivity contribution in [3.8, 4) is 22.7 Å². The predicted molar refractivity (Wildman–Crippen MR) is 80.3 cm³/mol. The summed E-state index contributed by atoms with van der Waals surface area (Å²) in [6, 6.07) is 12.7. The molecule has 0 aliphatic carbocycles. The molecule has 2 aromatic carbocycles. The molecule has 0 bridgehead atoms. The van der Waals surface area contributed by atoms with E-state index in [2.05, 4.69) is 10.3 Å². The number of hydrogen-bond donors (Lipinski definition) is 1. The van der Waals surface area contributed by atoms with E-state index in [0.717, 1.165) is 0 Å². The fraction of sp³-hybridized carbons (Fsp3) is 0.0625. The summed E-state index contributed by atoms with van der Waals surface area (Å²) in [7, 11) is 1.54. The van der Waals surface area contributed by atoms with E-state index in [1.165, 1.54) is 30.0 Å². The summed E-state index contributed by atoms with van der Waals surface area (Å²) >= 11 is 0. The smallest absolute Gasteiger partial charge is 0.358 e. The highest BCUT2D eigenvalue weighted by Gasteiger charge is 2.23. The maximum atomic E-state index is 14.1. The number of carboxylic acid groups (broad SMARTS) is 1. The van der Waals surface area contributed by atoms with E-state index in [0.29, 0.717) is 11.4 Å². The number of methoxy groups -OCH3 is 1. The highest BCUT2D eigenvalue weighted by molar-refractivity contribution is 5.93. The normalized spacial score (nSPS) is 10.5. The van der Waals surface area contributed by atoms with Gasteiger partial charge in [-0.1, -0.05) is 17.3 Å². The highest BCUT2D eigenvalue weighted by Crippen LogP contribution is 2.28. The molecule has 0 aliphatic heterocycles. The Hall–Kier alpha value is -3.22. The zero-order valence-corrected chi connectivity index (χ0v) is 12.1. The third kappa shape index (κ3) is 2.64. The molecular formula is C16H12FN3O3. The number of nitrogens with zero attached hydrogens (tertiary/aromatic N) is 3. The van der Waals surface area contributed by atoms with Gasteiger partial charge in [0.15, 0.2) is 5.69 Å². The predicted octanol–water partition coefficient (Wildman–Crippen LogP) is 2.78. The number of hydrogen-bond acceptors (Lipinski definition) is 4. The summed E-state index contributed by atoms with van der Waals surface area (Å²) in [5, 5.41) is 16.8. The second-order valence-electron chi connectivity index (χ2n) is 4.68. The molecule has 0 fully saturated rings. The minimum atomic E-state index is -1.27. The fourth-order valence-electron chi connectivity index (χ4n) is 2.22. The molecule has 7 heteroatoms. The lowest BCUT2D eigenvalue weighted by Crippen LogP contribution is -2.04. The van der Waals surface area contributed by atoms with Crippen LogP contribution in [0, 0.1) is 5.82 Å². The van der Waals surface area contributed by atoms with E-state index in [4.69, 9.17) is 4.74 Å². The monoisotopic (exact) mass is 313 g/mol. The van der Waals surface area contributed by atoms with Crippen LogP contribution in [0.15, 0.2) is 48.5 Å². The zero-order valence-electron chi connectivity index (χ0n) is 12.1. The van der Waals surface area contributed by atoms with E-state index < -0.39 is 11.8 Å². The lowest BCUT2D eigenvalue weighted by molar-refractivity contribution is 0.0691. The standard InChI is InChI=1S/C16H12FN3O3/c1-23-11-8-6-10(7-9-11)20-15(14(16(21)22)18-19-20)12-4-2-3-5-13(12)17/h2-9H,1H3,(H,21,22). The number of ether oxygens (including phenoxy) is 1. The molecular weight excluding hydrogens is 301 g/mol. The van der Waals surface area contributed by atoms with Crippen LogP contribution in [0.25, 0.3) is 16.9 Å². The molecule has 1 N–H and O–H groups in total. The molecule has 3 aromatic rings. The first kappa shape index (κ1) is 14.7. The van der Waals surface area contributed by atoms with Gasteiger partial charge < -0.3 is 9.84 Å². The van der Waals surface area contributed by atoms with E-state index in [1.807, 2.05) is 0 Å². The molecule has 0 saturated carbocycles. The minimum absolute atomic E-state index is 0.0840. The summed E-state index contributed by atoms with van der Waals surface area (Å²) in [5.74, 6) is -1.19. The van der Waals surface area contributed by atoms with Crippen LogP contribution in [0.4, 0.5) is 4.39 Å². The van der Waals surface area contributed by atoms with Crippen LogP contribution in [-0.4, -0.2) is 33.2 Å². The van der Waals surface area contributed by atoms with Gasteiger partial charge >= 0.3 is 5.97 Å². The molecule has 0 unspecified atom stereocenters. The summed E-state index contributed by atoms with van der Waals surface area (Å²) in [4.78, 5) is 11.4. The molecule has 6 nitrogen and oxygen atoms in total. The van der Waals surface area contributed by atoms with Crippen molar-refractivity contribution in [2.45, 2.75) is 0 Å². The minimum Gasteiger partial charge on any atom is -0.497 e. The van der Waals surface area contributed by atoms with Crippen LogP contribution in [-0.2, 0) is 0 Å². The SMILES string of the molecule is COc1ccc(-n2nnc(C(=O)O)c2-c2ccccc2F)cc1. The number of halogens is 1. The van der Waals surface area contributed by atoms with Gasteiger partial charge in [-0.15, -0.1) is 5.10 Å². The molecule has 0 spiro atoms. The van der Waals surface area contributed by atoms with Crippen molar-refractivity contribution in [3.63, 3.8) is 0 Å². The van der Waals surface area contributed by atoms with Gasteiger partial charge in [0.25, 0.3) is 0 Å². The quantitative estimate of drug-likeness (QED) is 0.801. The molecule has 1 heterocycles. The first-order valence-electron chi connectivity index (χ1n) is 6.70. The third-order valence-corrected chi connectivity index (χ3v) is 3.32. The number of aromatic nitrogens is 3. The lowest BCUT2D eigenvalue weighted by atomic mass is 10.1. The Morgan fingerprint density at radius 2 is 1.87 bits per heavy atom. The van der Waals surface area contributed by atoms with E-state index in [-0.39, 0.29) is 17.0 Å². The molecule has 23 heavy (non-hydrogen) atoms. The first-order valence-corrected chi connectivity index (χ1v) is 6.70. The van der Waals surface area contributed by atoms with Crippen LogP contribution in [0.2, 0.25) is 0 Å². The van der Waals surface area contributed by atoms with Crippen LogP contribution >= 0.6 is 0 Å². The van der Waals surface area contributed by atoms with Gasteiger partial charge in [0.1, 0.15) is 17.3 Å². The topological polar surface area (TPSA) is 77.2 Å². The Morgan fingerprint density at radius 3 is 2.48 bits per heavy atom. The van der Waals surface area contributed by atoms with E-state index in [1.54, 1.807) is 30.3 Å². The Bertz CT molecular complexity index is 859. The number of carboxylic acids is 1. The Balaban J connectivity index is 2.22. The van der Waals surface area contributed by atoms with Gasteiger partial charge in [0, 0.05) is 5.56 Å². The molecule has 116 valence electrons. The van der Waals surface area contributed by atoms with Crippen LogP contribution < -0.4 is 4.74 Å². The molecule has 0 amide bonds. The van der Waals surface area contributed by atoms with Crippen LogP contribution in [0.1, 0.15) is 10.5 Å². The average molecular weight is 313 g/mol. The van der Waals surface area contributed by atoms with Gasteiger partial charge in [-0.05, 0) is 36.4 Å². The molecule has 0 aliphatic rings. The number of aromatic carboxylic acids is 1. The van der Waals surface area contributed by atoms with Crippen molar-refractivity contribution in [1.29, 1.82) is 0 Å². The fourth-order valence-corrected chi connectivity index (χ4v) is 2.22. The van der Waals surface area contributed by atoms with E-state index >= 15 is 0 Å². The highest BCUT2D eigenvalue weighted by atomic mass is 19.1. The second-order valence-corrected chi connectivity index (χ2v) is 4.68. The van der Waals surface area contributed by atoms with Crippen molar-refractivity contribution in [3.05, 3.63) is 60.0 Å². The summed E-state index contributed by atoms with van der Waals surface area (Å²) < 4.78 is 20.5. The zero-order chi connectivity index (χ0) is 16.4. The Morgan fingerprint density at radius 1 is 1.17 bits per heavy atom. The second kappa shape index (κ2) is 5.88. The number of rotatable bonds is 4.